The van der Waals surface area contributed by atoms with E-state index in [0.29, 0.717) is 23.9 Å². The summed E-state index contributed by atoms with van der Waals surface area (Å²) in [5.74, 6) is -1.27. The number of carbonyl (C=O) groups excluding carboxylic acids is 1. The van der Waals surface area contributed by atoms with Crippen LogP contribution in [0.1, 0.15) is 77.6 Å². The summed E-state index contributed by atoms with van der Waals surface area (Å²) < 4.78 is 5.93. The smallest absolute Gasteiger partial charge is 0.307 e. The van der Waals surface area contributed by atoms with Crippen LogP contribution in [0, 0.1) is 0 Å². The molecule has 0 unspecified atom stereocenters. The molecule has 0 radical (unpaired) electrons. The Morgan fingerprint density at radius 1 is 0.812 bits per heavy atom. The van der Waals surface area contributed by atoms with Gasteiger partial charge in [0.2, 0.25) is 0 Å². The van der Waals surface area contributed by atoms with Gasteiger partial charge in [0.25, 0.3) is 0 Å². The molecule has 0 fully saturated rings. The number of likely N-dealkylation sites (N-methyl/N-ethyl adjacent to an activating group) is 1. The highest BCUT2D eigenvalue weighted by Gasteiger charge is 2.24. The summed E-state index contributed by atoms with van der Waals surface area (Å²) in [6.07, 6.45) is 26.4. The second-order valence-corrected chi connectivity index (χ2v) is 9.16. The average molecular weight is 449 g/mol. The quantitative estimate of drug-likeness (QED) is 0.110. The molecule has 0 amide bonds. The predicted octanol–water partition coefficient (Wildman–Crippen LogP) is 6.22. The van der Waals surface area contributed by atoms with Crippen molar-refractivity contribution in [2.24, 2.45) is 0 Å². The van der Waals surface area contributed by atoms with Gasteiger partial charge in [-0.05, 0) is 44.9 Å². The van der Waals surface area contributed by atoms with Crippen molar-refractivity contribution < 1.29 is 23.9 Å². The van der Waals surface area contributed by atoms with Crippen LogP contribution in [0.3, 0.4) is 0 Å². The molecule has 0 saturated carbocycles. The van der Waals surface area contributed by atoms with Crippen molar-refractivity contribution >= 4 is 11.9 Å². The number of ether oxygens (including phenoxy) is 1. The summed E-state index contributed by atoms with van der Waals surface area (Å²) in [5.41, 5.74) is 0. The topological polar surface area (TPSA) is 63.6 Å². The van der Waals surface area contributed by atoms with E-state index in [9.17, 15) is 9.59 Å². The SMILES string of the molecule is CCCCC/C=C\C/C=C/C/C=C\C/C=C\CCCC(=O)O[C@H](CC(=O)O)C[N+](C)(C)C. The number of carboxylic acid groups (broad SMARTS) is 1. The average Bonchev–Trinajstić information content (AvgIpc) is 2.68. The number of carboxylic acids is 1. The van der Waals surface area contributed by atoms with Crippen LogP contribution in [-0.4, -0.2) is 55.3 Å². The Kier molecular flexibility index (Phi) is 18.2. The lowest BCUT2D eigenvalue weighted by Crippen LogP contribution is -2.43. The van der Waals surface area contributed by atoms with Crippen molar-refractivity contribution in [3.63, 3.8) is 0 Å². The summed E-state index contributed by atoms with van der Waals surface area (Å²) in [5, 5.41) is 9.01. The van der Waals surface area contributed by atoms with Crippen molar-refractivity contribution in [1.29, 1.82) is 0 Å². The maximum Gasteiger partial charge on any atom is 0.307 e. The van der Waals surface area contributed by atoms with E-state index in [1.807, 2.05) is 21.1 Å². The van der Waals surface area contributed by atoms with E-state index in [2.05, 4.69) is 55.5 Å². The first kappa shape index (κ1) is 29.9. The molecule has 0 aromatic heterocycles. The molecular weight excluding hydrogens is 402 g/mol. The molecule has 1 atom stereocenters. The van der Waals surface area contributed by atoms with Crippen molar-refractivity contribution in [3.05, 3.63) is 48.6 Å². The third-order valence-corrected chi connectivity index (χ3v) is 4.66. The molecule has 0 saturated heterocycles. The highest BCUT2D eigenvalue weighted by Crippen LogP contribution is 2.08. The zero-order valence-electron chi connectivity index (χ0n) is 20.8. The Hall–Kier alpha value is -2.14. The lowest BCUT2D eigenvalue weighted by molar-refractivity contribution is -0.873. The number of allylic oxidation sites excluding steroid dienone is 8. The number of esters is 1. The Morgan fingerprint density at radius 2 is 1.31 bits per heavy atom. The first-order valence-electron chi connectivity index (χ1n) is 12.1. The lowest BCUT2D eigenvalue weighted by Gasteiger charge is -2.28. The van der Waals surface area contributed by atoms with E-state index in [-0.39, 0.29) is 12.4 Å². The summed E-state index contributed by atoms with van der Waals surface area (Å²) in [6, 6.07) is 0. The molecule has 182 valence electrons. The lowest BCUT2D eigenvalue weighted by atomic mass is 10.2. The molecule has 0 bridgehead atoms. The van der Waals surface area contributed by atoms with Crippen LogP contribution >= 0.6 is 0 Å². The van der Waals surface area contributed by atoms with E-state index in [0.717, 1.165) is 25.7 Å². The molecule has 0 spiro atoms. The predicted molar refractivity (Wildman–Crippen MR) is 133 cm³/mol. The van der Waals surface area contributed by atoms with Crippen LogP contribution in [-0.2, 0) is 14.3 Å². The highest BCUT2D eigenvalue weighted by molar-refractivity contribution is 5.71. The largest absolute Gasteiger partial charge is 0.481 e. The fourth-order valence-corrected chi connectivity index (χ4v) is 3.12. The number of rotatable bonds is 19. The Balaban J connectivity index is 3.86. The van der Waals surface area contributed by atoms with Gasteiger partial charge in [0, 0.05) is 6.42 Å². The standard InChI is InChI=1S/C27H45NO4/c1-5-6-7-8-9-10-11-12-13-14-15-16-17-18-19-20-21-22-27(31)32-25(23-26(29)30)24-28(2,3)4/h9-10,12-13,15-16,18-19,25H,5-8,11,14,17,20-24H2,1-4H3/p+1/b10-9-,13-12+,16-15-,19-18-/t25-/m1/s1. The molecular formula is C27H46NO4+. The van der Waals surface area contributed by atoms with Crippen LogP contribution in [0.2, 0.25) is 0 Å². The summed E-state index contributed by atoms with van der Waals surface area (Å²) in [4.78, 5) is 23.0. The van der Waals surface area contributed by atoms with Crippen LogP contribution in [0.4, 0.5) is 0 Å². The molecule has 0 heterocycles. The Morgan fingerprint density at radius 3 is 1.78 bits per heavy atom. The molecule has 1 N–H and O–H groups in total. The zero-order chi connectivity index (χ0) is 24.1. The molecule has 0 aromatic carbocycles. The molecule has 0 rings (SSSR count). The molecule has 5 heteroatoms. The van der Waals surface area contributed by atoms with Gasteiger partial charge in [0.1, 0.15) is 6.54 Å². The first-order chi connectivity index (χ1) is 15.2. The van der Waals surface area contributed by atoms with E-state index in [1.54, 1.807) is 0 Å². The summed E-state index contributed by atoms with van der Waals surface area (Å²) >= 11 is 0. The van der Waals surface area contributed by atoms with Crippen LogP contribution < -0.4 is 0 Å². The number of unbranched alkanes of at least 4 members (excludes halogenated alkanes) is 4. The van der Waals surface area contributed by atoms with Crippen molar-refractivity contribution in [3.8, 4) is 0 Å². The van der Waals surface area contributed by atoms with Gasteiger partial charge in [-0.2, -0.15) is 0 Å². The second kappa shape index (κ2) is 19.5. The van der Waals surface area contributed by atoms with Crippen LogP contribution in [0.25, 0.3) is 0 Å². The minimum atomic E-state index is -0.947. The number of hydrogen-bond acceptors (Lipinski definition) is 3. The van der Waals surface area contributed by atoms with Crippen molar-refractivity contribution in [2.45, 2.75) is 83.7 Å². The monoisotopic (exact) mass is 448 g/mol. The second-order valence-electron chi connectivity index (χ2n) is 9.16. The zero-order valence-corrected chi connectivity index (χ0v) is 20.8. The first-order valence-corrected chi connectivity index (χ1v) is 12.1. The fraction of sp³-hybridized carbons (Fsp3) is 0.630. The molecule has 5 nitrogen and oxygen atoms in total. The minimum Gasteiger partial charge on any atom is -0.481 e. The van der Waals surface area contributed by atoms with Gasteiger partial charge >= 0.3 is 11.9 Å². The van der Waals surface area contributed by atoms with Crippen LogP contribution in [0.5, 0.6) is 0 Å². The Bertz CT molecular complexity index is 612. The number of nitrogens with zero attached hydrogens (tertiary/aromatic N) is 1. The normalized spacial score (nSPS) is 13.6. The maximum atomic E-state index is 12.0. The molecule has 0 aromatic rings. The number of aliphatic carboxylic acids is 1. The fourth-order valence-electron chi connectivity index (χ4n) is 3.12. The molecule has 0 aliphatic rings. The Labute approximate surface area is 196 Å². The molecule has 0 aliphatic heterocycles. The summed E-state index contributed by atoms with van der Waals surface area (Å²) in [6.45, 7) is 2.71. The number of quaternary nitrogens is 1. The van der Waals surface area contributed by atoms with E-state index >= 15 is 0 Å². The van der Waals surface area contributed by atoms with Gasteiger partial charge in [-0.3, -0.25) is 9.59 Å². The third-order valence-electron chi connectivity index (χ3n) is 4.66. The minimum absolute atomic E-state index is 0.154. The van der Waals surface area contributed by atoms with E-state index in [4.69, 9.17) is 9.84 Å². The highest BCUT2D eigenvalue weighted by atomic mass is 16.5. The third kappa shape index (κ3) is 22.5. The van der Waals surface area contributed by atoms with Gasteiger partial charge in [0.15, 0.2) is 6.10 Å². The van der Waals surface area contributed by atoms with Gasteiger partial charge in [-0.1, -0.05) is 68.4 Å². The molecule has 0 aliphatic carbocycles. The van der Waals surface area contributed by atoms with Crippen molar-refractivity contribution in [1.82, 2.24) is 0 Å². The van der Waals surface area contributed by atoms with Gasteiger partial charge in [-0.25, -0.2) is 0 Å². The maximum absolute atomic E-state index is 12.0. The van der Waals surface area contributed by atoms with E-state index < -0.39 is 12.1 Å². The van der Waals surface area contributed by atoms with E-state index in [1.165, 1.54) is 25.7 Å². The van der Waals surface area contributed by atoms with Crippen LogP contribution in [0.15, 0.2) is 48.6 Å². The molecule has 32 heavy (non-hydrogen) atoms. The van der Waals surface area contributed by atoms with Crippen molar-refractivity contribution in [2.75, 3.05) is 27.7 Å². The number of hydrogen-bond donors (Lipinski definition) is 1. The van der Waals surface area contributed by atoms with Gasteiger partial charge < -0.3 is 14.3 Å². The summed E-state index contributed by atoms with van der Waals surface area (Å²) in [7, 11) is 5.85. The van der Waals surface area contributed by atoms with Gasteiger partial charge in [0.05, 0.1) is 27.6 Å². The number of carbonyl (C=O) groups is 2. The van der Waals surface area contributed by atoms with Gasteiger partial charge in [-0.15, -0.1) is 0 Å².